The third-order valence-corrected chi connectivity index (χ3v) is 3.87. The molecule has 0 bridgehead atoms. The van der Waals surface area contributed by atoms with Gasteiger partial charge in [-0.05, 0) is 30.3 Å². The Morgan fingerprint density at radius 2 is 1.96 bits per heavy atom. The van der Waals surface area contributed by atoms with E-state index in [0.717, 1.165) is 12.1 Å². The van der Waals surface area contributed by atoms with Crippen LogP contribution in [0.25, 0.3) is 5.69 Å². The Morgan fingerprint density at radius 3 is 2.59 bits per heavy atom. The Kier molecular flexibility index (Phi) is 4.85. The van der Waals surface area contributed by atoms with E-state index in [9.17, 15) is 18.0 Å². The lowest BCUT2D eigenvalue weighted by molar-refractivity contribution is -0.137. The summed E-state index contributed by atoms with van der Waals surface area (Å²) in [6, 6.07) is 9.43. The number of hydrogen-bond acceptors (Lipinski definition) is 4. The number of rotatable bonds is 4. The molecule has 0 atom stereocenters. The summed E-state index contributed by atoms with van der Waals surface area (Å²) in [6.45, 7) is 0. The Balaban J connectivity index is 1.83. The number of aromatic nitrogens is 3. The van der Waals surface area contributed by atoms with E-state index < -0.39 is 17.6 Å². The molecule has 140 valence electrons. The number of methoxy groups -OCH3 is 1. The molecule has 1 aromatic carbocycles. The second-order valence-electron chi connectivity index (χ2n) is 5.62. The maximum Gasteiger partial charge on any atom is 0.416 e. The summed E-state index contributed by atoms with van der Waals surface area (Å²) in [6.07, 6.45) is -1.55. The SMILES string of the molecule is COc1ccc(N(C)C(=O)c2ccn(-c3cccc(C(F)(F)F)c3)n2)cn1. The molecule has 2 aromatic heterocycles. The zero-order valence-electron chi connectivity index (χ0n) is 14.4. The molecule has 0 unspecified atom stereocenters. The highest BCUT2D eigenvalue weighted by molar-refractivity contribution is 6.04. The smallest absolute Gasteiger partial charge is 0.416 e. The van der Waals surface area contributed by atoms with Crippen molar-refractivity contribution in [2.45, 2.75) is 6.18 Å². The molecule has 0 spiro atoms. The molecule has 0 saturated carbocycles. The van der Waals surface area contributed by atoms with E-state index in [2.05, 4.69) is 10.1 Å². The van der Waals surface area contributed by atoms with Crippen molar-refractivity contribution < 1.29 is 22.7 Å². The molecule has 0 aliphatic rings. The Morgan fingerprint density at radius 1 is 1.19 bits per heavy atom. The molecule has 6 nitrogen and oxygen atoms in total. The van der Waals surface area contributed by atoms with Crippen molar-refractivity contribution in [2.75, 3.05) is 19.1 Å². The topological polar surface area (TPSA) is 60.2 Å². The molecule has 0 radical (unpaired) electrons. The van der Waals surface area contributed by atoms with Crippen LogP contribution in [-0.4, -0.2) is 34.8 Å². The predicted molar refractivity (Wildman–Crippen MR) is 92.1 cm³/mol. The number of anilines is 1. The van der Waals surface area contributed by atoms with Gasteiger partial charge in [-0.1, -0.05) is 6.07 Å². The maximum absolute atomic E-state index is 12.9. The zero-order valence-corrected chi connectivity index (χ0v) is 14.4. The van der Waals surface area contributed by atoms with Crippen LogP contribution in [0, 0.1) is 0 Å². The monoisotopic (exact) mass is 376 g/mol. The number of alkyl halides is 3. The van der Waals surface area contributed by atoms with Crippen molar-refractivity contribution in [3.63, 3.8) is 0 Å². The Labute approximate surface area is 152 Å². The van der Waals surface area contributed by atoms with E-state index in [1.165, 1.54) is 47.3 Å². The Hall–Kier alpha value is -3.36. The van der Waals surface area contributed by atoms with Crippen LogP contribution in [0.4, 0.5) is 18.9 Å². The number of carbonyl (C=O) groups excluding carboxylic acids is 1. The molecular formula is C18H15F3N4O2. The maximum atomic E-state index is 12.9. The molecule has 0 saturated heterocycles. The highest BCUT2D eigenvalue weighted by Gasteiger charge is 2.30. The molecule has 3 rings (SSSR count). The van der Waals surface area contributed by atoms with Crippen molar-refractivity contribution in [1.29, 1.82) is 0 Å². The lowest BCUT2D eigenvalue weighted by Gasteiger charge is -2.15. The quantitative estimate of drug-likeness (QED) is 0.699. The minimum Gasteiger partial charge on any atom is -0.481 e. The summed E-state index contributed by atoms with van der Waals surface area (Å²) in [5, 5.41) is 4.10. The molecule has 3 aromatic rings. The highest BCUT2D eigenvalue weighted by Crippen LogP contribution is 2.30. The molecular weight excluding hydrogens is 361 g/mol. The number of carbonyl (C=O) groups is 1. The first-order valence-electron chi connectivity index (χ1n) is 7.81. The van der Waals surface area contributed by atoms with Crippen LogP contribution in [0.1, 0.15) is 16.1 Å². The minimum absolute atomic E-state index is 0.0886. The molecule has 0 aliphatic heterocycles. The van der Waals surface area contributed by atoms with Crippen LogP contribution in [0.3, 0.4) is 0 Å². The highest BCUT2D eigenvalue weighted by atomic mass is 19.4. The van der Waals surface area contributed by atoms with E-state index in [4.69, 9.17) is 4.74 Å². The first-order chi connectivity index (χ1) is 12.8. The number of pyridine rings is 1. The number of halogens is 3. The van der Waals surface area contributed by atoms with Crippen molar-refractivity contribution >= 4 is 11.6 Å². The first-order valence-corrected chi connectivity index (χ1v) is 7.81. The number of hydrogen-bond donors (Lipinski definition) is 0. The van der Waals surface area contributed by atoms with Gasteiger partial charge >= 0.3 is 6.18 Å². The van der Waals surface area contributed by atoms with Crippen LogP contribution in [-0.2, 0) is 6.18 Å². The summed E-state index contributed by atoms with van der Waals surface area (Å²) >= 11 is 0. The zero-order chi connectivity index (χ0) is 19.6. The number of amides is 1. The lowest BCUT2D eigenvalue weighted by atomic mass is 10.2. The van der Waals surface area contributed by atoms with E-state index in [-0.39, 0.29) is 11.4 Å². The normalized spacial score (nSPS) is 11.3. The summed E-state index contributed by atoms with van der Waals surface area (Å²) < 4.78 is 44.8. The standard InChI is InChI=1S/C18H15F3N4O2/c1-24(14-6-7-16(27-2)22-11-14)17(26)15-8-9-25(23-15)13-5-3-4-12(10-13)18(19,20)21/h3-11H,1-2H3. The summed E-state index contributed by atoms with van der Waals surface area (Å²) in [4.78, 5) is 18.0. The van der Waals surface area contributed by atoms with Gasteiger partial charge in [-0.25, -0.2) is 9.67 Å². The number of ether oxygens (including phenoxy) is 1. The molecule has 0 fully saturated rings. The Bertz CT molecular complexity index is 952. The van der Waals surface area contributed by atoms with Gasteiger partial charge < -0.3 is 9.64 Å². The van der Waals surface area contributed by atoms with Gasteiger partial charge in [-0.3, -0.25) is 4.79 Å². The third-order valence-electron chi connectivity index (χ3n) is 3.87. The van der Waals surface area contributed by atoms with E-state index >= 15 is 0 Å². The number of benzene rings is 1. The summed E-state index contributed by atoms with van der Waals surface area (Å²) in [7, 11) is 3.03. The van der Waals surface area contributed by atoms with Gasteiger partial charge in [-0.15, -0.1) is 0 Å². The second kappa shape index (κ2) is 7.10. The van der Waals surface area contributed by atoms with Gasteiger partial charge in [0, 0.05) is 19.3 Å². The largest absolute Gasteiger partial charge is 0.481 e. The van der Waals surface area contributed by atoms with Crippen molar-refractivity contribution in [3.05, 3.63) is 66.1 Å². The van der Waals surface area contributed by atoms with Crippen LogP contribution in [0.15, 0.2) is 54.9 Å². The molecule has 1 amide bonds. The van der Waals surface area contributed by atoms with Gasteiger partial charge in [-0.2, -0.15) is 18.3 Å². The first kappa shape index (κ1) is 18.4. The molecule has 27 heavy (non-hydrogen) atoms. The fourth-order valence-corrected chi connectivity index (χ4v) is 2.39. The fraction of sp³-hybridized carbons (Fsp3) is 0.167. The minimum atomic E-state index is -4.45. The van der Waals surface area contributed by atoms with Crippen molar-refractivity contribution in [1.82, 2.24) is 14.8 Å². The molecule has 9 heteroatoms. The predicted octanol–water partition coefficient (Wildman–Crippen LogP) is 3.57. The van der Waals surface area contributed by atoms with Crippen molar-refractivity contribution in [3.8, 4) is 11.6 Å². The van der Waals surface area contributed by atoms with Crippen LogP contribution >= 0.6 is 0 Å². The third kappa shape index (κ3) is 3.91. The second-order valence-corrected chi connectivity index (χ2v) is 5.62. The lowest BCUT2D eigenvalue weighted by Crippen LogP contribution is -2.26. The van der Waals surface area contributed by atoms with Gasteiger partial charge in [0.25, 0.3) is 5.91 Å². The van der Waals surface area contributed by atoms with Gasteiger partial charge in [0.1, 0.15) is 0 Å². The van der Waals surface area contributed by atoms with Gasteiger partial charge in [0.05, 0.1) is 30.2 Å². The van der Waals surface area contributed by atoms with Crippen LogP contribution in [0.2, 0.25) is 0 Å². The average Bonchev–Trinajstić information content (AvgIpc) is 3.16. The van der Waals surface area contributed by atoms with Gasteiger partial charge in [0.2, 0.25) is 5.88 Å². The summed E-state index contributed by atoms with van der Waals surface area (Å²) in [5.74, 6) is -0.0129. The van der Waals surface area contributed by atoms with Crippen LogP contribution < -0.4 is 9.64 Å². The molecule has 2 heterocycles. The van der Waals surface area contributed by atoms with E-state index in [1.807, 2.05) is 0 Å². The van der Waals surface area contributed by atoms with Crippen molar-refractivity contribution in [2.24, 2.45) is 0 Å². The van der Waals surface area contributed by atoms with E-state index in [1.54, 1.807) is 19.2 Å². The van der Waals surface area contributed by atoms with Crippen LogP contribution in [0.5, 0.6) is 5.88 Å². The fourth-order valence-electron chi connectivity index (χ4n) is 2.39. The summed E-state index contributed by atoms with van der Waals surface area (Å²) in [5.41, 5.74) is 0.0302. The average molecular weight is 376 g/mol. The van der Waals surface area contributed by atoms with E-state index in [0.29, 0.717) is 11.6 Å². The molecule has 0 aliphatic carbocycles. The van der Waals surface area contributed by atoms with Gasteiger partial charge in [0.15, 0.2) is 5.69 Å². The molecule has 0 N–H and O–H groups in total. The number of nitrogens with zero attached hydrogens (tertiary/aromatic N) is 4.